The molecule has 0 aliphatic rings. The van der Waals surface area contributed by atoms with Gasteiger partial charge in [-0.2, -0.15) is 5.10 Å². The van der Waals surface area contributed by atoms with Gasteiger partial charge < -0.3 is 5.32 Å². The molecule has 1 aromatic rings. The minimum atomic E-state index is 0.0537. The van der Waals surface area contributed by atoms with Crippen molar-refractivity contribution >= 4 is 5.91 Å². The first-order valence-corrected chi connectivity index (χ1v) is 5.22. The van der Waals surface area contributed by atoms with E-state index in [1.54, 1.807) is 11.0 Å². The molecule has 84 valence electrons. The van der Waals surface area contributed by atoms with Crippen LogP contribution in [-0.2, 0) is 18.3 Å². The Kier molecular flexibility index (Phi) is 4.27. The molecule has 1 amide bonds. The summed E-state index contributed by atoms with van der Waals surface area (Å²) in [5.41, 5.74) is 0. The Balaban J connectivity index is 2.15. The largest absolute Gasteiger partial charge is 0.356 e. The van der Waals surface area contributed by atoms with Crippen molar-refractivity contribution in [2.24, 2.45) is 13.0 Å². The Morgan fingerprint density at radius 2 is 2.33 bits per heavy atom. The Bertz CT molecular complexity index is 319. The molecule has 5 heteroatoms. The molecule has 1 heterocycles. The van der Waals surface area contributed by atoms with E-state index in [-0.39, 0.29) is 11.8 Å². The first-order valence-electron chi connectivity index (χ1n) is 5.22. The molecule has 0 saturated carbocycles. The molecule has 5 nitrogen and oxygen atoms in total. The van der Waals surface area contributed by atoms with Crippen LogP contribution in [0.2, 0.25) is 0 Å². The van der Waals surface area contributed by atoms with Gasteiger partial charge >= 0.3 is 0 Å². The van der Waals surface area contributed by atoms with Crippen molar-refractivity contribution < 1.29 is 4.79 Å². The summed E-state index contributed by atoms with van der Waals surface area (Å²) in [6, 6.07) is 0. The zero-order chi connectivity index (χ0) is 11.3. The van der Waals surface area contributed by atoms with Gasteiger partial charge in [0.2, 0.25) is 5.91 Å². The zero-order valence-electron chi connectivity index (χ0n) is 9.53. The van der Waals surface area contributed by atoms with E-state index in [2.05, 4.69) is 15.4 Å². The number of amides is 1. The van der Waals surface area contributed by atoms with E-state index in [0.29, 0.717) is 6.54 Å². The van der Waals surface area contributed by atoms with Gasteiger partial charge in [-0.1, -0.05) is 13.8 Å². The number of carbonyl (C=O) groups excluding carboxylic acids is 1. The summed E-state index contributed by atoms with van der Waals surface area (Å²) in [5, 5.41) is 7.01. The van der Waals surface area contributed by atoms with E-state index < -0.39 is 0 Å². The third-order valence-corrected chi connectivity index (χ3v) is 2.05. The lowest BCUT2D eigenvalue weighted by molar-refractivity contribution is -0.123. The van der Waals surface area contributed by atoms with Crippen molar-refractivity contribution in [3.8, 4) is 0 Å². The fourth-order valence-electron chi connectivity index (χ4n) is 1.16. The van der Waals surface area contributed by atoms with Crippen LogP contribution in [0.3, 0.4) is 0 Å². The Labute approximate surface area is 89.9 Å². The summed E-state index contributed by atoms with van der Waals surface area (Å²) in [6.07, 6.45) is 3.36. The average Bonchev–Trinajstić information content (AvgIpc) is 2.58. The normalized spacial score (nSPS) is 10.7. The van der Waals surface area contributed by atoms with Crippen LogP contribution >= 0.6 is 0 Å². The average molecular weight is 210 g/mol. The van der Waals surface area contributed by atoms with E-state index in [0.717, 1.165) is 18.7 Å². The minimum Gasteiger partial charge on any atom is -0.356 e. The molecule has 0 aliphatic heterocycles. The first kappa shape index (κ1) is 11.7. The summed E-state index contributed by atoms with van der Waals surface area (Å²) in [6.45, 7) is 4.46. The number of carbonyl (C=O) groups is 1. The molecule has 0 aliphatic carbocycles. The number of aryl methyl sites for hydroxylation is 2. The summed E-state index contributed by atoms with van der Waals surface area (Å²) < 4.78 is 1.68. The van der Waals surface area contributed by atoms with Crippen molar-refractivity contribution in [3.05, 3.63) is 12.2 Å². The van der Waals surface area contributed by atoms with Gasteiger partial charge in [-0.3, -0.25) is 9.48 Å². The number of rotatable bonds is 5. The highest BCUT2D eigenvalue weighted by atomic mass is 16.1. The fraction of sp³-hybridized carbons (Fsp3) is 0.700. The van der Waals surface area contributed by atoms with Crippen molar-refractivity contribution in [1.82, 2.24) is 20.1 Å². The Morgan fingerprint density at radius 1 is 1.60 bits per heavy atom. The zero-order valence-corrected chi connectivity index (χ0v) is 9.53. The lowest BCUT2D eigenvalue weighted by atomic mass is 10.2. The second kappa shape index (κ2) is 5.48. The molecule has 1 rings (SSSR count). The van der Waals surface area contributed by atoms with Gasteiger partial charge in [0, 0.05) is 25.9 Å². The van der Waals surface area contributed by atoms with Crippen molar-refractivity contribution in [1.29, 1.82) is 0 Å². The van der Waals surface area contributed by atoms with E-state index in [9.17, 15) is 4.79 Å². The highest BCUT2D eigenvalue weighted by molar-refractivity contribution is 5.77. The molecular weight excluding hydrogens is 192 g/mol. The van der Waals surface area contributed by atoms with Crippen LogP contribution in [0.25, 0.3) is 0 Å². The lowest BCUT2D eigenvalue weighted by Crippen LogP contribution is -2.28. The molecule has 0 saturated heterocycles. The van der Waals surface area contributed by atoms with Crippen LogP contribution in [0.4, 0.5) is 0 Å². The fourth-order valence-corrected chi connectivity index (χ4v) is 1.16. The van der Waals surface area contributed by atoms with E-state index >= 15 is 0 Å². The van der Waals surface area contributed by atoms with Crippen LogP contribution < -0.4 is 5.32 Å². The highest BCUT2D eigenvalue weighted by Gasteiger charge is 2.05. The van der Waals surface area contributed by atoms with Crippen LogP contribution in [0.1, 0.15) is 26.1 Å². The summed E-state index contributed by atoms with van der Waals surface area (Å²) in [4.78, 5) is 15.3. The summed E-state index contributed by atoms with van der Waals surface area (Å²) in [5.74, 6) is 0.984. The molecule has 1 N–H and O–H groups in total. The molecule has 0 bridgehead atoms. The third kappa shape index (κ3) is 4.10. The van der Waals surface area contributed by atoms with Gasteiger partial charge in [0.25, 0.3) is 0 Å². The van der Waals surface area contributed by atoms with Gasteiger partial charge in [-0.15, -0.1) is 0 Å². The third-order valence-electron chi connectivity index (χ3n) is 2.05. The molecule has 1 aromatic heterocycles. The van der Waals surface area contributed by atoms with E-state index in [4.69, 9.17) is 0 Å². The second-order valence-electron chi connectivity index (χ2n) is 3.88. The number of nitrogens with one attached hydrogen (secondary N) is 1. The van der Waals surface area contributed by atoms with Gasteiger partial charge in [-0.25, -0.2) is 4.98 Å². The monoisotopic (exact) mass is 210 g/mol. The molecular formula is C10H18N4O. The highest BCUT2D eigenvalue weighted by Crippen LogP contribution is 1.95. The number of hydrogen-bond donors (Lipinski definition) is 1. The van der Waals surface area contributed by atoms with E-state index in [1.807, 2.05) is 20.9 Å². The van der Waals surface area contributed by atoms with Gasteiger partial charge in [0.15, 0.2) is 5.82 Å². The summed E-state index contributed by atoms with van der Waals surface area (Å²) >= 11 is 0. The predicted molar refractivity (Wildman–Crippen MR) is 57.2 cm³/mol. The maximum Gasteiger partial charge on any atom is 0.222 e. The quantitative estimate of drug-likeness (QED) is 0.721. The smallest absolute Gasteiger partial charge is 0.222 e. The number of hydrogen-bond acceptors (Lipinski definition) is 3. The number of aromatic nitrogens is 3. The standard InChI is InChI=1S/C10H18N4O/c1-8(2)10(15)11-6-4-5-9-12-7-14(3)13-9/h7-8H,4-6H2,1-3H3,(H,11,15). The molecule has 0 unspecified atom stereocenters. The topological polar surface area (TPSA) is 59.8 Å². The van der Waals surface area contributed by atoms with Crippen LogP contribution in [0, 0.1) is 5.92 Å². The minimum absolute atomic E-state index is 0.0537. The predicted octanol–water partition coefficient (Wildman–Crippen LogP) is 0.520. The number of nitrogens with zero attached hydrogens (tertiary/aromatic N) is 3. The van der Waals surface area contributed by atoms with Crippen molar-refractivity contribution in [2.45, 2.75) is 26.7 Å². The summed E-state index contributed by atoms with van der Waals surface area (Å²) in [7, 11) is 1.84. The second-order valence-corrected chi connectivity index (χ2v) is 3.88. The van der Waals surface area contributed by atoms with Crippen LogP contribution in [0.5, 0.6) is 0 Å². The lowest BCUT2D eigenvalue weighted by Gasteiger charge is -2.06. The first-order chi connectivity index (χ1) is 7.09. The molecule has 0 radical (unpaired) electrons. The molecule has 0 spiro atoms. The van der Waals surface area contributed by atoms with Gasteiger partial charge in [0.1, 0.15) is 6.33 Å². The maximum absolute atomic E-state index is 11.2. The van der Waals surface area contributed by atoms with Gasteiger partial charge in [0.05, 0.1) is 0 Å². The van der Waals surface area contributed by atoms with Crippen LogP contribution in [-0.4, -0.2) is 27.2 Å². The maximum atomic E-state index is 11.2. The molecule has 0 fully saturated rings. The Morgan fingerprint density at radius 3 is 2.87 bits per heavy atom. The van der Waals surface area contributed by atoms with E-state index in [1.165, 1.54) is 0 Å². The molecule has 0 atom stereocenters. The van der Waals surface area contributed by atoms with Gasteiger partial charge in [-0.05, 0) is 6.42 Å². The SMILES string of the molecule is CC(C)C(=O)NCCCc1ncn(C)n1. The van der Waals surface area contributed by atoms with Crippen molar-refractivity contribution in [2.75, 3.05) is 6.54 Å². The van der Waals surface area contributed by atoms with Crippen LogP contribution in [0.15, 0.2) is 6.33 Å². The van der Waals surface area contributed by atoms with Crippen molar-refractivity contribution in [3.63, 3.8) is 0 Å². The molecule has 15 heavy (non-hydrogen) atoms. The molecule has 0 aromatic carbocycles. The Hall–Kier alpha value is -1.39.